The van der Waals surface area contributed by atoms with Gasteiger partial charge in [-0.3, -0.25) is 4.79 Å². The normalized spacial score (nSPS) is 10.6. The second-order valence-electron chi connectivity index (χ2n) is 4.75. The van der Waals surface area contributed by atoms with Crippen LogP contribution in [0, 0.1) is 0 Å². The topological polar surface area (TPSA) is 47.6 Å². The molecule has 1 N–H and O–H groups in total. The number of nitrogens with one attached hydrogen (secondary N) is 1. The Kier molecular flexibility index (Phi) is 6.23. The van der Waals surface area contributed by atoms with E-state index in [-0.39, 0.29) is 5.91 Å². The Hall–Kier alpha value is -2.27. The van der Waals surface area contributed by atoms with Gasteiger partial charge in [-0.25, -0.2) is 0 Å². The Morgan fingerprint density at radius 3 is 2.61 bits per heavy atom. The van der Waals surface area contributed by atoms with Crippen molar-refractivity contribution in [3.63, 3.8) is 0 Å². The quantitative estimate of drug-likeness (QED) is 0.781. The minimum atomic E-state index is -0.182. The molecule has 0 atom stereocenters. The van der Waals surface area contributed by atoms with Crippen molar-refractivity contribution in [2.75, 3.05) is 14.2 Å². The molecule has 0 aliphatic rings. The zero-order valence-electron chi connectivity index (χ0n) is 13.0. The first-order valence-electron chi connectivity index (χ1n) is 7.05. The van der Waals surface area contributed by atoms with Gasteiger partial charge in [0, 0.05) is 28.2 Å². The lowest BCUT2D eigenvalue weighted by Gasteiger charge is -2.08. The number of hydrogen-bond acceptors (Lipinski definition) is 3. The third-order valence-corrected chi connectivity index (χ3v) is 3.74. The van der Waals surface area contributed by atoms with E-state index in [9.17, 15) is 4.79 Å². The molecule has 2 rings (SSSR count). The first-order valence-corrected chi connectivity index (χ1v) is 7.84. The Bertz CT molecular complexity index is 713. The molecule has 0 radical (unpaired) electrons. The number of para-hydroxylation sites is 1. The highest BCUT2D eigenvalue weighted by atomic mass is 79.9. The fraction of sp³-hybridized carbons (Fsp3) is 0.167. The summed E-state index contributed by atoms with van der Waals surface area (Å²) in [5, 5.41) is 2.84. The Morgan fingerprint density at radius 1 is 1.13 bits per heavy atom. The molecule has 5 heteroatoms. The predicted molar refractivity (Wildman–Crippen MR) is 94.6 cm³/mol. The summed E-state index contributed by atoms with van der Waals surface area (Å²) < 4.78 is 11.5. The smallest absolute Gasteiger partial charge is 0.244 e. The number of hydrogen-bond donors (Lipinski definition) is 1. The van der Waals surface area contributed by atoms with Crippen molar-refractivity contribution in [3.8, 4) is 11.5 Å². The third kappa shape index (κ3) is 4.86. The van der Waals surface area contributed by atoms with E-state index in [1.54, 1.807) is 20.3 Å². The molecule has 0 heterocycles. The van der Waals surface area contributed by atoms with Gasteiger partial charge in [0.1, 0.15) is 11.5 Å². The van der Waals surface area contributed by atoms with Gasteiger partial charge in [-0.05, 0) is 30.3 Å². The van der Waals surface area contributed by atoms with Crippen LogP contribution in [0.15, 0.2) is 53.0 Å². The molecule has 1 amide bonds. The van der Waals surface area contributed by atoms with Gasteiger partial charge in [-0.1, -0.05) is 34.1 Å². The highest BCUT2D eigenvalue weighted by Crippen LogP contribution is 2.24. The van der Waals surface area contributed by atoms with Gasteiger partial charge < -0.3 is 14.8 Å². The average Bonchev–Trinajstić information content (AvgIpc) is 2.58. The van der Waals surface area contributed by atoms with Crippen LogP contribution < -0.4 is 14.8 Å². The van der Waals surface area contributed by atoms with Gasteiger partial charge in [-0.15, -0.1) is 0 Å². The van der Waals surface area contributed by atoms with Crippen molar-refractivity contribution in [2.45, 2.75) is 6.54 Å². The molecule has 0 saturated heterocycles. The van der Waals surface area contributed by atoms with Crippen LogP contribution in [-0.4, -0.2) is 20.1 Å². The van der Waals surface area contributed by atoms with Crippen LogP contribution >= 0.6 is 15.9 Å². The maximum absolute atomic E-state index is 12.0. The predicted octanol–water partition coefficient (Wildman–Crippen LogP) is 3.80. The van der Waals surface area contributed by atoms with E-state index in [2.05, 4.69) is 21.2 Å². The maximum atomic E-state index is 12.0. The molecule has 0 aromatic heterocycles. The van der Waals surface area contributed by atoms with Crippen molar-refractivity contribution < 1.29 is 14.3 Å². The summed E-state index contributed by atoms with van der Waals surface area (Å²) in [6.45, 7) is 0.406. The summed E-state index contributed by atoms with van der Waals surface area (Å²) in [6.07, 6.45) is 3.21. The van der Waals surface area contributed by atoms with Crippen LogP contribution in [0.5, 0.6) is 11.5 Å². The first-order chi connectivity index (χ1) is 11.1. The molecule has 2 aromatic rings. The lowest BCUT2D eigenvalue weighted by Crippen LogP contribution is -2.20. The van der Waals surface area contributed by atoms with Gasteiger partial charge in [0.15, 0.2) is 0 Å². The summed E-state index contributed by atoms with van der Waals surface area (Å²) >= 11 is 3.41. The lowest BCUT2D eigenvalue weighted by molar-refractivity contribution is -0.116. The van der Waals surface area contributed by atoms with Crippen LogP contribution in [0.4, 0.5) is 0 Å². The molecule has 0 spiro atoms. The largest absolute Gasteiger partial charge is 0.496 e. The first kappa shape index (κ1) is 17.1. The third-order valence-electron chi connectivity index (χ3n) is 3.25. The molecular formula is C18H18BrNO3. The van der Waals surface area contributed by atoms with E-state index in [1.165, 1.54) is 6.08 Å². The van der Waals surface area contributed by atoms with Crippen molar-refractivity contribution >= 4 is 27.9 Å². The Balaban J connectivity index is 2.01. The van der Waals surface area contributed by atoms with Crippen LogP contribution in [0.2, 0.25) is 0 Å². The molecule has 0 fully saturated rings. The summed E-state index contributed by atoms with van der Waals surface area (Å²) in [7, 11) is 3.21. The number of benzene rings is 2. The standard InChI is InChI=1S/C18H18BrNO3/c1-22-16-6-4-3-5-14(16)12-20-18(21)10-7-13-11-15(19)8-9-17(13)23-2/h3-11H,12H2,1-2H3,(H,20,21). The highest BCUT2D eigenvalue weighted by Gasteiger charge is 2.04. The summed E-state index contributed by atoms with van der Waals surface area (Å²) in [5.41, 5.74) is 1.76. The van der Waals surface area contributed by atoms with Gasteiger partial charge >= 0.3 is 0 Å². The number of amides is 1. The van der Waals surface area contributed by atoms with Crippen molar-refractivity contribution in [1.29, 1.82) is 0 Å². The van der Waals surface area contributed by atoms with Crippen LogP contribution in [-0.2, 0) is 11.3 Å². The van der Waals surface area contributed by atoms with E-state index in [0.717, 1.165) is 21.3 Å². The number of carbonyl (C=O) groups is 1. The monoisotopic (exact) mass is 375 g/mol. The molecular weight excluding hydrogens is 358 g/mol. The van der Waals surface area contributed by atoms with Crippen molar-refractivity contribution in [2.24, 2.45) is 0 Å². The van der Waals surface area contributed by atoms with Gasteiger partial charge in [0.05, 0.1) is 14.2 Å². The zero-order valence-corrected chi connectivity index (χ0v) is 14.6. The molecule has 23 heavy (non-hydrogen) atoms. The summed E-state index contributed by atoms with van der Waals surface area (Å²) in [4.78, 5) is 12.0. The van der Waals surface area contributed by atoms with Crippen LogP contribution in [0.25, 0.3) is 6.08 Å². The van der Waals surface area contributed by atoms with Crippen LogP contribution in [0.3, 0.4) is 0 Å². The SMILES string of the molecule is COc1ccc(Br)cc1C=CC(=O)NCc1ccccc1OC. The van der Waals surface area contributed by atoms with E-state index >= 15 is 0 Å². The average molecular weight is 376 g/mol. The van der Waals surface area contributed by atoms with E-state index in [4.69, 9.17) is 9.47 Å². The number of halogens is 1. The number of carbonyl (C=O) groups excluding carboxylic acids is 1. The zero-order chi connectivity index (χ0) is 16.7. The fourth-order valence-corrected chi connectivity index (χ4v) is 2.47. The second kappa shape index (κ2) is 8.39. The van der Waals surface area contributed by atoms with E-state index in [0.29, 0.717) is 12.3 Å². The maximum Gasteiger partial charge on any atom is 0.244 e. The summed E-state index contributed by atoms with van der Waals surface area (Å²) in [6, 6.07) is 13.2. The molecule has 2 aromatic carbocycles. The van der Waals surface area contributed by atoms with E-state index in [1.807, 2.05) is 42.5 Å². The molecule has 0 unspecified atom stereocenters. The lowest BCUT2D eigenvalue weighted by atomic mass is 10.2. The number of rotatable bonds is 6. The highest BCUT2D eigenvalue weighted by molar-refractivity contribution is 9.10. The van der Waals surface area contributed by atoms with Gasteiger partial charge in [0.2, 0.25) is 5.91 Å². The number of methoxy groups -OCH3 is 2. The Morgan fingerprint density at radius 2 is 1.87 bits per heavy atom. The second-order valence-corrected chi connectivity index (χ2v) is 5.66. The number of ether oxygens (including phenoxy) is 2. The Labute approximate surface area is 144 Å². The molecule has 0 aliphatic carbocycles. The van der Waals surface area contributed by atoms with Crippen molar-refractivity contribution in [3.05, 3.63) is 64.1 Å². The molecule has 0 bridgehead atoms. The van der Waals surface area contributed by atoms with E-state index < -0.39 is 0 Å². The van der Waals surface area contributed by atoms with Crippen molar-refractivity contribution in [1.82, 2.24) is 5.32 Å². The molecule has 120 valence electrons. The summed E-state index contributed by atoms with van der Waals surface area (Å²) in [5.74, 6) is 1.28. The fourth-order valence-electron chi connectivity index (χ4n) is 2.09. The van der Waals surface area contributed by atoms with Gasteiger partial charge in [-0.2, -0.15) is 0 Å². The van der Waals surface area contributed by atoms with Crippen LogP contribution in [0.1, 0.15) is 11.1 Å². The minimum absolute atomic E-state index is 0.182. The molecule has 0 saturated carbocycles. The molecule has 4 nitrogen and oxygen atoms in total. The molecule has 0 aliphatic heterocycles. The minimum Gasteiger partial charge on any atom is -0.496 e. The van der Waals surface area contributed by atoms with Gasteiger partial charge in [0.25, 0.3) is 0 Å².